The number of rotatable bonds is 5. The Bertz CT molecular complexity index is 751. The smallest absolute Gasteiger partial charge is 0.417 e. The van der Waals surface area contributed by atoms with Gasteiger partial charge in [0.2, 0.25) is 10.0 Å². The number of halogens is 3. The molecule has 6 nitrogen and oxygen atoms in total. The van der Waals surface area contributed by atoms with Crippen LogP contribution in [-0.4, -0.2) is 36.4 Å². The van der Waals surface area contributed by atoms with Gasteiger partial charge in [-0.25, -0.2) is 8.42 Å². The Labute approximate surface area is 130 Å². The molecule has 0 radical (unpaired) electrons. The van der Waals surface area contributed by atoms with E-state index in [0.717, 1.165) is 6.07 Å². The van der Waals surface area contributed by atoms with E-state index < -0.39 is 45.2 Å². The Morgan fingerprint density at radius 1 is 1.39 bits per heavy atom. The van der Waals surface area contributed by atoms with Crippen molar-refractivity contribution in [3.05, 3.63) is 29.3 Å². The van der Waals surface area contributed by atoms with Crippen LogP contribution in [0.4, 0.5) is 13.2 Å². The summed E-state index contributed by atoms with van der Waals surface area (Å²) in [5.41, 5.74) is -1.86. The third-order valence-electron chi connectivity index (χ3n) is 2.87. The number of sulfonamides is 1. The summed E-state index contributed by atoms with van der Waals surface area (Å²) in [6.07, 6.45) is -5.01. The van der Waals surface area contributed by atoms with Crippen molar-refractivity contribution in [3.63, 3.8) is 0 Å². The van der Waals surface area contributed by atoms with Gasteiger partial charge < -0.3 is 5.11 Å². The second-order valence-electron chi connectivity index (χ2n) is 4.86. The fraction of sp³-hybridized carbons (Fsp3) is 0.385. The van der Waals surface area contributed by atoms with Crippen molar-refractivity contribution < 1.29 is 31.5 Å². The minimum absolute atomic E-state index is 0.356. The molecule has 0 saturated heterocycles. The fourth-order valence-corrected chi connectivity index (χ4v) is 3.63. The molecule has 0 atom stereocenters. The highest BCUT2D eigenvalue weighted by molar-refractivity contribution is 7.89. The monoisotopic (exact) mass is 350 g/mol. The van der Waals surface area contributed by atoms with Gasteiger partial charge in [0.25, 0.3) is 0 Å². The SMILES string of the molecule is CC(C)N(CC(=O)O)S(=O)(=O)c1ccc(C#N)cc1C(F)(F)F. The molecule has 1 N–H and O–H groups in total. The molecular weight excluding hydrogens is 337 g/mol. The molecule has 126 valence electrons. The highest BCUT2D eigenvalue weighted by Gasteiger charge is 2.40. The quantitative estimate of drug-likeness (QED) is 0.876. The number of carboxylic acids is 1. The predicted molar refractivity (Wildman–Crippen MR) is 72.8 cm³/mol. The molecule has 1 rings (SSSR count). The summed E-state index contributed by atoms with van der Waals surface area (Å²) in [5.74, 6) is -1.50. The molecule has 0 unspecified atom stereocenters. The molecule has 0 aliphatic heterocycles. The van der Waals surface area contributed by atoms with E-state index in [0.29, 0.717) is 16.4 Å². The molecule has 1 aromatic rings. The fourth-order valence-electron chi connectivity index (χ4n) is 1.85. The Balaban J connectivity index is 3.60. The highest BCUT2D eigenvalue weighted by atomic mass is 32.2. The standard InChI is InChI=1S/C13H13F3N2O4S/c1-8(2)18(7-12(19)20)23(21,22)11-4-3-9(6-17)5-10(11)13(14,15)16/h3-5,8H,7H2,1-2H3,(H,19,20). The van der Waals surface area contributed by atoms with Gasteiger partial charge in [-0.15, -0.1) is 0 Å². The summed E-state index contributed by atoms with van der Waals surface area (Å²) in [6, 6.07) is 2.65. The van der Waals surface area contributed by atoms with Gasteiger partial charge in [0, 0.05) is 6.04 Å². The van der Waals surface area contributed by atoms with Crippen molar-refractivity contribution in [2.45, 2.75) is 31.0 Å². The van der Waals surface area contributed by atoms with Gasteiger partial charge in [-0.2, -0.15) is 22.7 Å². The molecule has 0 saturated carbocycles. The molecule has 0 fully saturated rings. The maximum Gasteiger partial charge on any atom is 0.417 e. The molecule has 0 aromatic heterocycles. The second-order valence-corrected chi connectivity index (χ2v) is 6.72. The number of carboxylic acid groups (broad SMARTS) is 1. The molecule has 1 aromatic carbocycles. The molecule has 0 amide bonds. The van der Waals surface area contributed by atoms with Crippen LogP contribution in [0, 0.1) is 11.3 Å². The van der Waals surface area contributed by atoms with E-state index in [1.165, 1.54) is 19.9 Å². The average Bonchev–Trinajstić information content (AvgIpc) is 2.42. The number of hydrogen-bond donors (Lipinski definition) is 1. The number of nitrogens with zero attached hydrogens (tertiary/aromatic N) is 2. The zero-order valence-electron chi connectivity index (χ0n) is 12.1. The first kappa shape index (κ1) is 18.9. The lowest BCUT2D eigenvalue weighted by atomic mass is 10.1. The summed E-state index contributed by atoms with van der Waals surface area (Å²) >= 11 is 0. The summed E-state index contributed by atoms with van der Waals surface area (Å²) in [6.45, 7) is 1.71. The van der Waals surface area contributed by atoms with Crippen LogP contribution in [0.1, 0.15) is 25.0 Å². The molecule has 0 aliphatic rings. The third kappa shape index (κ3) is 4.20. The van der Waals surface area contributed by atoms with Crippen LogP contribution in [0.25, 0.3) is 0 Å². The number of alkyl halides is 3. The van der Waals surface area contributed by atoms with Gasteiger partial charge in [-0.3, -0.25) is 4.79 Å². The van der Waals surface area contributed by atoms with Gasteiger partial charge in [-0.05, 0) is 32.0 Å². The van der Waals surface area contributed by atoms with Gasteiger partial charge in [0.05, 0.1) is 22.1 Å². The van der Waals surface area contributed by atoms with Crippen molar-refractivity contribution in [2.75, 3.05) is 6.54 Å². The molecule has 0 aliphatic carbocycles. The topological polar surface area (TPSA) is 98.5 Å². The molecule has 23 heavy (non-hydrogen) atoms. The Kier molecular flexibility index (Phi) is 5.39. The van der Waals surface area contributed by atoms with Crippen molar-refractivity contribution in [3.8, 4) is 6.07 Å². The van der Waals surface area contributed by atoms with Crippen molar-refractivity contribution in [2.24, 2.45) is 0 Å². The summed E-state index contributed by atoms with van der Waals surface area (Å²) in [7, 11) is -4.71. The molecule has 10 heteroatoms. The van der Waals surface area contributed by atoms with Crippen LogP contribution in [0.2, 0.25) is 0 Å². The molecular formula is C13H13F3N2O4S. The molecule has 0 heterocycles. The van der Waals surface area contributed by atoms with Crippen LogP contribution in [0.15, 0.2) is 23.1 Å². The molecule has 0 spiro atoms. The molecule has 0 bridgehead atoms. The Morgan fingerprint density at radius 2 is 1.96 bits per heavy atom. The van der Waals surface area contributed by atoms with Crippen LogP contribution < -0.4 is 0 Å². The maximum absolute atomic E-state index is 13.1. The van der Waals surface area contributed by atoms with E-state index in [2.05, 4.69) is 0 Å². The zero-order valence-corrected chi connectivity index (χ0v) is 12.9. The lowest BCUT2D eigenvalue weighted by Gasteiger charge is -2.25. The highest BCUT2D eigenvalue weighted by Crippen LogP contribution is 2.36. The van der Waals surface area contributed by atoms with E-state index in [1.807, 2.05) is 0 Å². The minimum atomic E-state index is -5.01. The summed E-state index contributed by atoms with van der Waals surface area (Å²) in [4.78, 5) is 9.72. The average molecular weight is 350 g/mol. The normalized spacial score (nSPS) is 12.4. The van der Waals surface area contributed by atoms with Crippen LogP contribution in [-0.2, 0) is 21.0 Å². The first-order valence-electron chi connectivity index (χ1n) is 6.26. The van der Waals surface area contributed by atoms with Crippen molar-refractivity contribution in [1.82, 2.24) is 4.31 Å². The Hall–Kier alpha value is -2.12. The van der Waals surface area contributed by atoms with Crippen molar-refractivity contribution in [1.29, 1.82) is 5.26 Å². The maximum atomic E-state index is 13.1. The van der Waals surface area contributed by atoms with Crippen LogP contribution >= 0.6 is 0 Å². The lowest BCUT2D eigenvalue weighted by Crippen LogP contribution is -2.41. The van der Waals surface area contributed by atoms with E-state index in [1.54, 1.807) is 0 Å². The van der Waals surface area contributed by atoms with Gasteiger partial charge in [-0.1, -0.05) is 0 Å². The number of hydrogen-bond acceptors (Lipinski definition) is 4. The number of carbonyl (C=O) groups is 1. The number of benzene rings is 1. The van der Waals surface area contributed by atoms with Gasteiger partial charge in [0.1, 0.15) is 6.54 Å². The van der Waals surface area contributed by atoms with Gasteiger partial charge >= 0.3 is 12.1 Å². The lowest BCUT2D eigenvalue weighted by molar-refractivity contribution is -0.140. The number of nitriles is 1. The van der Waals surface area contributed by atoms with Gasteiger partial charge in [0.15, 0.2) is 0 Å². The predicted octanol–water partition coefficient (Wildman–Crippen LogP) is 2.06. The van der Waals surface area contributed by atoms with E-state index in [9.17, 15) is 26.4 Å². The van der Waals surface area contributed by atoms with Crippen LogP contribution in [0.3, 0.4) is 0 Å². The van der Waals surface area contributed by atoms with E-state index in [-0.39, 0.29) is 5.56 Å². The summed E-state index contributed by atoms with van der Waals surface area (Å²) < 4.78 is 64.7. The van der Waals surface area contributed by atoms with E-state index >= 15 is 0 Å². The minimum Gasteiger partial charge on any atom is -0.480 e. The third-order valence-corrected chi connectivity index (χ3v) is 4.95. The zero-order chi connectivity index (χ0) is 18.0. The van der Waals surface area contributed by atoms with Crippen LogP contribution in [0.5, 0.6) is 0 Å². The first-order valence-corrected chi connectivity index (χ1v) is 7.70. The van der Waals surface area contributed by atoms with Crippen molar-refractivity contribution >= 4 is 16.0 Å². The first-order chi connectivity index (χ1) is 10.4. The summed E-state index contributed by atoms with van der Waals surface area (Å²) in [5, 5.41) is 17.5. The second kappa shape index (κ2) is 6.55. The van der Waals surface area contributed by atoms with E-state index in [4.69, 9.17) is 10.4 Å². The number of aliphatic carboxylic acids is 1. The Morgan fingerprint density at radius 3 is 2.35 bits per heavy atom. The largest absolute Gasteiger partial charge is 0.480 e.